The van der Waals surface area contributed by atoms with E-state index in [4.69, 9.17) is 5.73 Å². The second-order valence-corrected chi connectivity index (χ2v) is 5.14. The zero-order chi connectivity index (χ0) is 14.4. The summed E-state index contributed by atoms with van der Waals surface area (Å²) in [6.45, 7) is 1.44. The third kappa shape index (κ3) is 4.15. The maximum absolute atomic E-state index is 13.6. The fourth-order valence-corrected chi connectivity index (χ4v) is 2.22. The predicted octanol–water partition coefficient (Wildman–Crippen LogP) is 3.35. The fourth-order valence-electron chi connectivity index (χ4n) is 2.22. The average Bonchev–Trinajstić information content (AvgIpc) is 2.48. The standard InChI is InChI=1S/C17H21FN2/c1-20(13-15-9-5-6-10-16(15)18)12-11-17(19)14-7-3-2-4-8-14/h2-10,17H,11-13,19H2,1H3. The van der Waals surface area contributed by atoms with Crippen molar-refractivity contribution in [3.63, 3.8) is 0 Å². The average molecular weight is 272 g/mol. The van der Waals surface area contributed by atoms with Crippen molar-refractivity contribution in [2.45, 2.75) is 19.0 Å². The van der Waals surface area contributed by atoms with E-state index in [0.717, 1.165) is 24.1 Å². The van der Waals surface area contributed by atoms with Crippen LogP contribution < -0.4 is 5.73 Å². The Morgan fingerprint density at radius 2 is 1.70 bits per heavy atom. The lowest BCUT2D eigenvalue weighted by atomic mass is 10.0. The number of benzene rings is 2. The van der Waals surface area contributed by atoms with Gasteiger partial charge in [0.1, 0.15) is 5.82 Å². The largest absolute Gasteiger partial charge is 0.324 e. The van der Waals surface area contributed by atoms with E-state index in [-0.39, 0.29) is 11.9 Å². The second kappa shape index (κ2) is 7.17. The molecule has 2 aromatic carbocycles. The van der Waals surface area contributed by atoms with E-state index >= 15 is 0 Å². The van der Waals surface area contributed by atoms with Crippen LogP contribution >= 0.6 is 0 Å². The molecular weight excluding hydrogens is 251 g/mol. The quantitative estimate of drug-likeness (QED) is 0.874. The Morgan fingerprint density at radius 3 is 2.40 bits per heavy atom. The summed E-state index contributed by atoms with van der Waals surface area (Å²) in [7, 11) is 1.99. The highest BCUT2D eigenvalue weighted by Crippen LogP contribution is 2.15. The molecule has 0 spiro atoms. The number of hydrogen-bond acceptors (Lipinski definition) is 2. The minimum atomic E-state index is -0.147. The lowest BCUT2D eigenvalue weighted by Crippen LogP contribution is -2.23. The van der Waals surface area contributed by atoms with Crippen LogP contribution in [0.5, 0.6) is 0 Å². The summed E-state index contributed by atoms with van der Waals surface area (Å²) in [4.78, 5) is 2.10. The molecule has 0 radical (unpaired) electrons. The van der Waals surface area contributed by atoms with Crippen molar-refractivity contribution in [3.8, 4) is 0 Å². The summed E-state index contributed by atoms with van der Waals surface area (Å²) >= 11 is 0. The molecule has 0 bridgehead atoms. The van der Waals surface area contributed by atoms with Gasteiger partial charge in [-0.2, -0.15) is 0 Å². The molecule has 0 aliphatic rings. The van der Waals surface area contributed by atoms with Crippen LogP contribution in [0.2, 0.25) is 0 Å². The fraction of sp³-hybridized carbons (Fsp3) is 0.294. The monoisotopic (exact) mass is 272 g/mol. The van der Waals surface area contributed by atoms with Crippen molar-refractivity contribution in [2.24, 2.45) is 5.73 Å². The Balaban J connectivity index is 1.84. The highest BCUT2D eigenvalue weighted by molar-refractivity contribution is 5.19. The van der Waals surface area contributed by atoms with Gasteiger partial charge in [-0.3, -0.25) is 0 Å². The Morgan fingerprint density at radius 1 is 1.05 bits per heavy atom. The highest BCUT2D eigenvalue weighted by atomic mass is 19.1. The molecule has 2 aromatic rings. The van der Waals surface area contributed by atoms with Crippen molar-refractivity contribution in [1.82, 2.24) is 4.90 Å². The summed E-state index contributed by atoms with van der Waals surface area (Å²) in [5.74, 6) is -0.147. The SMILES string of the molecule is CN(CCC(N)c1ccccc1)Cc1ccccc1F. The van der Waals surface area contributed by atoms with Crippen LogP contribution in [0.4, 0.5) is 4.39 Å². The smallest absolute Gasteiger partial charge is 0.127 e. The summed E-state index contributed by atoms with van der Waals surface area (Å²) in [6.07, 6.45) is 0.856. The van der Waals surface area contributed by atoms with Crippen LogP contribution in [0.3, 0.4) is 0 Å². The van der Waals surface area contributed by atoms with Crippen molar-refractivity contribution in [1.29, 1.82) is 0 Å². The van der Waals surface area contributed by atoms with Gasteiger partial charge in [0.15, 0.2) is 0 Å². The highest BCUT2D eigenvalue weighted by Gasteiger charge is 2.09. The van der Waals surface area contributed by atoms with E-state index in [1.165, 1.54) is 6.07 Å². The number of halogens is 1. The van der Waals surface area contributed by atoms with Crippen LogP contribution in [0.15, 0.2) is 54.6 Å². The van der Waals surface area contributed by atoms with Gasteiger partial charge in [-0.25, -0.2) is 4.39 Å². The number of rotatable bonds is 6. The molecular formula is C17H21FN2. The maximum Gasteiger partial charge on any atom is 0.127 e. The van der Waals surface area contributed by atoms with Crippen LogP contribution in [-0.2, 0) is 6.54 Å². The minimum Gasteiger partial charge on any atom is -0.324 e. The molecule has 0 amide bonds. The van der Waals surface area contributed by atoms with Crippen LogP contribution in [0.25, 0.3) is 0 Å². The van der Waals surface area contributed by atoms with Crippen LogP contribution in [-0.4, -0.2) is 18.5 Å². The van der Waals surface area contributed by atoms with E-state index in [2.05, 4.69) is 4.90 Å². The molecule has 0 aromatic heterocycles. The van der Waals surface area contributed by atoms with Gasteiger partial charge >= 0.3 is 0 Å². The van der Waals surface area contributed by atoms with Gasteiger partial charge in [0.2, 0.25) is 0 Å². The number of nitrogens with two attached hydrogens (primary N) is 1. The van der Waals surface area contributed by atoms with E-state index < -0.39 is 0 Å². The third-order valence-corrected chi connectivity index (χ3v) is 3.45. The molecule has 2 N–H and O–H groups in total. The second-order valence-electron chi connectivity index (χ2n) is 5.14. The lowest BCUT2D eigenvalue weighted by molar-refractivity contribution is 0.307. The minimum absolute atomic E-state index is 0.0271. The van der Waals surface area contributed by atoms with Crippen molar-refractivity contribution in [3.05, 3.63) is 71.5 Å². The molecule has 1 unspecified atom stereocenters. The first kappa shape index (κ1) is 14.7. The summed E-state index contributed by atoms with van der Waals surface area (Å²) in [5.41, 5.74) is 8.04. The normalized spacial score (nSPS) is 12.6. The summed E-state index contributed by atoms with van der Waals surface area (Å²) in [6, 6.07) is 17.0. The van der Waals surface area contributed by atoms with Gasteiger partial charge in [-0.1, -0.05) is 48.5 Å². The number of nitrogens with zero attached hydrogens (tertiary/aromatic N) is 1. The van der Waals surface area contributed by atoms with Gasteiger partial charge in [0.25, 0.3) is 0 Å². The van der Waals surface area contributed by atoms with E-state index in [1.54, 1.807) is 6.07 Å². The third-order valence-electron chi connectivity index (χ3n) is 3.45. The summed E-state index contributed by atoms with van der Waals surface area (Å²) in [5, 5.41) is 0. The molecule has 3 heteroatoms. The topological polar surface area (TPSA) is 29.3 Å². The molecule has 20 heavy (non-hydrogen) atoms. The zero-order valence-corrected chi connectivity index (χ0v) is 11.8. The van der Waals surface area contributed by atoms with E-state index in [9.17, 15) is 4.39 Å². The molecule has 0 heterocycles. The lowest BCUT2D eigenvalue weighted by Gasteiger charge is -2.20. The number of hydrogen-bond donors (Lipinski definition) is 1. The molecule has 106 valence electrons. The van der Waals surface area contributed by atoms with Gasteiger partial charge in [-0.05, 0) is 31.6 Å². The maximum atomic E-state index is 13.6. The first-order chi connectivity index (χ1) is 9.66. The predicted molar refractivity (Wildman–Crippen MR) is 80.7 cm³/mol. The Hall–Kier alpha value is -1.71. The van der Waals surface area contributed by atoms with Crippen molar-refractivity contribution >= 4 is 0 Å². The molecule has 0 aliphatic carbocycles. The molecule has 0 fully saturated rings. The first-order valence-corrected chi connectivity index (χ1v) is 6.89. The van der Waals surface area contributed by atoms with Gasteiger partial charge in [0, 0.05) is 18.2 Å². The van der Waals surface area contributed by atoms with Gasteiger partial charge in [-0.15, -0.1) is 0 Å². The Labute approximate surface area is 120 Å². The van der Waals surface area contributed by atoms with Crippen LogP contribution in [0, 0.1) is 5.82 Å². The van der Waals surface area contributed by atoms with E-state index in [1.807, 2.05) is 49.5 Å². The Bertz CT molecular complexity index is 528. The first-order valence-electron chi connectivity index (χ1n) is 6.89. The molecule has 2 nitrogen and oxygen atoms in total. The molecule has 1 atom stereocenters. The van der Waals surface area contributed by atoms with Crippen LogP contribution in [0.1, 0.15) is 23.6 Å². The summed E-state index contributed by atoms with van der Waals surface area (Å²) < 4.78 is 13.6. The van der Waals surface area contributed by atoms with Gasteiger partial charge < -0.3 is 10.6 Å². The van der Waals surface area contributed by atoms with Crippen molar-refractivity contribution in [2.75, 3.05) is 13.6 Å². The Kier molecular flexibility index (Phi) is 5.27. The molecule has 0 aliphatic heterocycles. The molecule has 0 saturated carbocycles. The molecule has 0 saturated heterocycles. The van der Waals surface area contributed by atoms with Gasteiger partial charge in [0.05, 0.1) is 0 Å². The van der Waals surface area contributed by atoms with Crippen molar-refractivity contribution < 1.29 is 4.39 Å². The zero-order valence-electron chi connectivity index (χ0n) is 11.8. The van der Waals surface area contributed by atoms with E-state index in [0.29, 0.717) is 6.54 Å². The molecule has 2 rings (SSSR count).